The molecule has 0 aliphatic heterocycles. The number of nitrogens with two attached hydrogens (primary N) is 1. The highest BCUT2D eigenvalue weighted by Crippen LogP contribution is 2.21. The van der Waals surface area contributed by atoms with Gasteiger partial charge in [-0.05, 0) is 6.07 Å². The van der Waals surface area contributed by atoms with Gasteiger partial charge in [0.25, 0.3) is 0 Å². The molecular formula is C10H14FNO3S. The molecule has 1 aromatic rings. The van der Waals surface area contributed by atoms with Crippen molar-refractivity contribution in [3.05, 3.63) is 35.6 Å². The van der Waals surface area contributed by atoms with Crippen LogP contribution in [0.15, 0.2) is 24.3 Å². The van der Waals surface area contributed by atoms with E-state index >= 15 is 0 Å². The van der Waals surface area contributed by atoms with Crippen molar-refractivity contribution in [2.24, 2.45) is 5.73 Å². The lowest BCUT2D eigenvalue weighted by Gasteiger charge is -2.20. The second kappa shape index (κ2) is 4.90. The lowest BCUT2D eigenvalue weighted by atomic mass is 10.0. The zero-order valence-corrected chi connectivity index (χ0v) is 9.61. The summed E-state index contributed by atoms with van der Waals surface area (Å²) in [6.45, 7) is -0.631. The summed E-state index contributed by atoms with van der Waals surface area (Å²) in [5.74, 6) is -0.572. The van der Waals surface area contributed by atoms with E-state index in [1.54, 1.807) is 6.07 Å². The predicted molar refractivity (Wildman–Crippen MR) is 59.0 cm³/mol. The number of aliphatic hydroxyl groups excluding tert-OH is 1. The molecule has 16 heavy (non-hydrogen) atoms. The maximum Gasteiger partial charge on any atom is 0.154 e. The molecule has 0 radical (unpaired) electrons. The molecule has 0 aliphatic rings. The van der Waals surface area contributed by atoms with Crippen LogP contribution in [0.25, 0.3) is 0 Å². The maximum atomic E-state index is 13.4. The zero-order chi connectivity index (χ0) is 12.3. The molecule has 6 heteroatoms. The topological polar surface area (TPSA) is 80.4 Å². The first-order chi connectivity index (χ1) is 7.38. The Morgan fingerprint density at radius 1 is 1.44 bits per heavy atom. The van der Waals surface area contributed by atoms with Gasteiger partial charge in [0.05, 0.1) is 12.6 Å². The van der Waals surface area contributed by atoms with Gasteiger partial charge in [-0.3, -0.25) is 0 Å². The Hall–Kier alpha value is -0.980. The highest BCUT2D eigenvalue weighted by Gasteiger charge is 2.29. The van der Waals surface area contributed by atoms with Crippen molar-refractivity contribution in [2.45, 2.75) is 11.3 Å². The molecule has 1 aromatic carbocycles. The molecule has 90 valence electrons. The van der Waals surface area contributed by atoms with E-state index in [1.807, 2.05) is 0 Å². The van der Waals surface area contributed by atoms with Crippen LogP contribution >= 0.6 is 0 Å². The Morgan fingerprint density at radius 3 is 2.44 bits per heavy atom. The van der Waals surface area contributed by atoms with Crippen molar-refractivity contribution in [1.82, 2.24) is 0 Å². The lowest BCUT2D eigenvalue weighted by molar-refractivity contribution is 0.277. The molecule has 0 bridgehead atoms. The molecule has 0 heterocycles. The standard InChI is InChI=1S/C10H14FNO3S/c1-16(14,15)9(6-13)10(12)7-4-2-3-5-8(7)11/h2-5,9-10,13H,6,12H2,1H3/t9-,10+/m1/s1. The Morgan fingerprint density at radius 2 is 2.00 bits per heavy atom. The number of hydrogen-bond donors (Lipinski definition) is 2. The van der Waals surface area contributed by atoms with Crippen molar-refractivity contribution in [3.8, 4) is 0 Å². The van der Waals surface area contributed by atoms with Gasteiger partial charge >= 0.3 is 0 Å². The van der Waals surface area contributed by atoms with Crippen LogP contribution in [0.1, 0.15) is 11.6 Å². The fourth-order valence-electron chi connectivity index (χ4n) is 1.46. The van der Waals surface area contributed by atoms with E-state index in [2.05, 4.69) is 0 Å². The third kappa shape index (κ3) is 2.78. The first-order valence-corrected chi connectivity index (χ1v) is 6.63. The monoisotopic (exact) mass is 247 g/mol. The SMILES string of the molecule is CS(=O)(=O)[C@H](CO)[C@@H](N)c1ccccc1F. The molecule has 0 amide bonds. The summed E-state index contributed by atoms with van der Waals surface area (Å²) in [5, 5.41) is 7.81. The van der Waals surface area contributed by atoms with E-state index in [1.165, 1.54) is 18.2 Å². The fraction of sp³-hybridized carbons (Fsp3) is 0.400. The van der Waals surface area contributed by atoms with Gasteiger partial charge < -0.3 is 10.8 Å². The summed E-state index contributed by atoms with van der Waals surface area (Å²) in [5.41, 5.74) is 5.75. The molecule has 0 spiro atoms. The molecule has 3 N–H and O–H groups in total. The number of hydrogen-bond acceptors (Lipinski definition) is 4. The average molecular weight is 247 g/mol. The van der Waals surface area contributed by atoms with Crippen LogP contribution in [0.3, 0.4) is 0 Å². The van der Waals surface area contributed by atoms with Crippen molar-refractivity contribution >= 4 is 9.84 Å². The number of benzene rings is 1. The first-order valence-electron chi connectivity index (χ1n) is 4.67. The van der Waals surface area contributed by atoms with Gasteiger partial charge in [-0.2, -0.15) is 0 Å². The Labute approximate surface area is 93.8 Å². The molecule has 0 fully saturated rings. The van der Waals surface area contributed by atoms with Crippen LogP contribution in [0, 0.1) is 5.82 Å². The Kier molecular flexibility index (Phi) is 4.01. The van der Waals surface area contributed by atoms with Gasteiger partial charge in [0.1, 0.15) is 11.1 Å². The number of rotatable bonds is 4. The molecular weight excluding hydrogens is 233 g/mol. The smallest absolute Gasteiger partial charge is 0.154 e. The minimum atomic E-state index is -3.52. The van der Waals surface area contributed by atoms with Gasteiger partial charge in [-0.1, -0.05) is 18.2 Å². The van der Waals surface area contributed by atoms with Gasteiger partial charge in [0.15, 0.2) is 9.84 Å². The van der Waals surface area contributed by atoms with Crippen LogP contribution in [-0.4, -0.2) is 31.6 Å². The first kappa shape index (κ1) is 13.1. The third-order valence-electron chi connectivity index (χ3n) is 2.39. The van der Waals surface area contributed by atoms with E-state index in [0.29, 0.717) is 0 Å². The normalized spacial score (nSPS) is 15.8. The van der Waals surface area contributed by atoms with E-state index in [9.17, 15) is 12.8 Å². The summed E-state index contributed by atoms with van der Waals surface area (Å²) < 4.78 is 36.0. The average Bonchev–Trinajstić information content (AvgIpc) is 2.17. The van der Waals surface area contributed by atoms with E-state index in [0.717, 1.165) is 6.26 Å². The molecule has 0 aliphatic carbocycles. The third-order valence-corrected chi connectivity index (χ3v) is 3.94. The summed E-state index contributed by atoms with van der Waals surface area (Å²) >= 11 is 0. The number of sulfone groups is 1. The van der Waals surface area contributed by atoms with Crippen molar-refractivity contribution in [2.75, 3.05) is 12.9 Å². The fourth-order valence-corrected chi connectivity index (χ4v) is 2.41. The minimum absolute atomic E-state index is 0.0898. The van der Waals surface area contributed by atoms with Crippen LogP contribution in [0.5, 0.6) is 0 Å². The van der Waals surface area contributed by atoms with Crippen molar-refractivity contribution in [3.63, 3.8) is 0 Å². The zero-order valence-electron chi connectivity index (χ0n) is 8.80. The summed E-state index contributed by atoms with van der Waals surface area (Å²) in [6, 6.07) is 4.59. The largest absolute Gasteiger partial charge is 0.395 e. The van der Waals surface area contributed by atoms with Crippen LogP contribution in [0.4, 0.5) is 4.39 Å². The lowest BCUT2D eigenvalue weighted by Crippen LogP contribution is -2.36. The maximum absolute atomic E-state index is 13.4. The van der Waals surface area contributed by atoms with Crippen LogP contribution in [-0.2, 0) is 9.84 Å². The predicted octanol–water partition coefficient (Wildman–Crippen LogP) is 0.231. The second-order valence-electron chi connectivity index (χ2n) is 3.60. The molecule has 2 atom stereocenters. The molecule has 1 rings (SSSR count). The minimum Gasteiger partial charge on any atom is -0.395 e. The molecule has 4 nitrogen and oxygen atoms in total. The molecule has 0 saturated carbocycles. The van der Waals surface area contributed by atoms with Gasteiger partial charge in [0, 0.05) is 11.8 Å². The molecule has 0 saturated heterocycles. The summed E-state index contributed by atoms with van der Waals surface area (Å²) in [7, 11) is -3.52. The summed E-state index contributed by atoms with van der Waals surface area (Å²) in [6.07, 6.45) is 0.967. The quantitative estimate of drug-likeness (QED) is 0.798. The molecule has 0 unspecified atom stereocenters. The second-order valence-corrected chi connectivity index (χ2v) is 5.86. The summed E-state index contributed by atoms with van der Waals surface area (Å²) in [4.78, 5) is 0. The van der Waals surface area contributed by atoms with E-state index in [-0.39, 0.29) is 5.56 Å². The van der Waals surface area contributed by atoms with Gasteiger partial charge in [-0.15, -0.1) is 0 Å². The molecule has 0 aromatic heterocycles. The van der Waals surface area contributed by atoms with Crippen LogP contribution in [0.2, 0.25) is 0 Å². The Bertz CT molecular complexity index is 461. The Balaban J connectivity index is 3.10. The highest BCUT2D eigenvalue weighted by atomic mass is 32.2. The number of aliphatic hydroxyl groups is 1. The van der Waals surface area contributed by atoms with Gasteiger partial charge in [0.2, 0.25) is 0 Å². The van der Waals surface area contributed by atoms with Crippen molar-refractivity contribution in [1.29, 1.82) is 0 Å². The number of halogens is 1. The van der Waals surface area contributed by atoms with Crippen LogP contribution < -0.4 is 5.73 Å². The highest BCUT2D eigenvalue weighted by molar-refractivity contribution is 7.91. The van der Waals surface area contributed by atoms with E-state index in [4.69, 9.17) is 10.8 Å². The van der Waals surface area contributed by atoms with Gasteiger partial charge in [-0.25, -0.2) is 12.8 Å². The van der Waals surface area contributed by atoms with Crippen molar-refractivity contribution < 1.29 is 17.9 Å². The van der Waals surface area contributed by atoms with E-state index < -0.39 is 33.6 Å².